The van der Waals surface area contributed by atoms with Gasteiger partial charge in [0.25, 0.3) is 11.8 Å². The van der Waals surface area contributed by atoms with Crippen LogP contribution in [0.15, 0.2) is 77.3 Å². The van der Waals surface area contributed by atoms with Crippen LogP contribution in [0.3, 0.4) is 0 Å². The highest BCUT2D eigenvalue weighted by Gasteiger charge is 2.16. The Morgan fingerprint density at radius 2 is 1.77 bits per heavy atom. The van der Waals surface area contributed by atoms with Crippen LogP contribution in [-0.4, -0.2) is 23.2 Å². The van der Waals surface area contributed by atoms with E-state index in [-0.39, 0.29) is 23.7 Å². The first-order valence-corrected chi connectivity index (χ1v) is 9.39. The van der Waals surface area contributed by atoms with Crippen molar-refractivity contribution in [3.63, 3.8) is 0 Å². The number of rotatable bonds is 7. The fourth-order valence-corrected chi connectivity index (χ4v) is 2.84. The summed E-state index contributed by atoms with van der Waals surface area (Å²) in [5, 5.41) is 6.49. The largest absolute Gasteiger partial charge is 0.497 e. The second-order valence-corrected chi connectivity index (χ2v) is 6.46. The Morgan fingerprint density at radius 3 is 2.55 bits per heavy atom. The molecule has 7 nitrogen and oxygen atoms in total. The number of amides is 1. The number of halogens is 1. The summed E-state index contributed by atoms with van der Waals surface area (Å²) in [6.07, 6.45) is 0. The van der Waals surface area contributed by atoms with E-state index >= 15 is 0 Å². The quantitative estimate of drug-likeness (QED) is 0.467. The van der Waals surface area contributed by atoms with Crippen molar-refractivity contribution in [3.8, 4) is 22.9 Å². The van der Waals surface area contributed by atoms with Gasteiger partial charge in [-0.3, -0.25) is 4.79 Å². The van der Waals surface area contributed by atoms with Crippen LogP contribution in [0.1, 0.15) is 16.2 Å². The predicted molar refractivity (Wildman–Crippen MR) is 111 cm³/mol. The molecule has 0 bridgehead atoms. The molecule has 1 N–H and O–H groups in total. The normalized spacial score (nSPS) is 10.5. The molecule has 1 amide bonds. The van der Waals surface area contributed by atoms with Gasteiger partial charge in [0.2, 0.25) is 5.82 Å². The van der Waals surface area contributed by atoms with Gasteiger partial charge < -0.3 is 19.3 Å². The maximum absolute atomic E-state index is 13.8. The van der Waals surface area contributed by atoms with Gasteiger partial charge in [0.05, 0.1) is 18.4 Å². The van der Waals surface area contributed by atoms with Crippen LogP contribution in [0.25, 0.3) is 11.4 Å². The van der Waals surface area contributed by atoms with Gasteiger partial charge >= 0.3 is 0 Å². The predicted octanol–water partition coefficient (Wildman–Crippen LogP) is 4.72. The average molecular weight is 419 g/mol. The number of hydrogen-bond acceptors (Lipinski definition) is 6. The molecular weight excluding hydrogens is 401 g/mol. The number of hydrogen-bond donors (Lipinski definition) is 1. The number of methoxy groups -OCH3 is 1. The molecule has 0 atom stereocenters. The van der Waals surface area contributed by atoms with Crippen molar-refractivity contribution in [2.45, 2.75) is 6.61 Å². The van der Waals surface area contributed by atoms with Crippen LogP contribution in [0.2, 0.25) is 0 Å². The van der Waals surface area contributed by atoms with Gasteiger partial charge in [-0.2, -0.15) is 4.98 Å². The topological polar surface area (TPSA) is 86.5 Å². The fourth-order valence-electron chi connectivity index (χ4n) is 2.84. The molecule has 156 valence electrons. The Labute approximate surface area is 177 Å². The summed E-state index contributed by atoms with van der Waals surface area (Å²) in [6.45, 7) is -0.0346. The van der Waals surface area contributed by atoms with Crippen molar-refractivity contribution in [3.05, 3.63) is 90.1 Å². The van der Waals surface area contributed by atoms with E-state index in [1.54, 1.807) is 55.6 Å². The highest BCUT2D eigenvalue weighted by Crippen LogP contribution is 2.23. The number of carbonyl (C=O) groups excluding carboxylic acids is 1. The second kappa shape index (κ2) is 9.08. The lowest BCUT2D eigenvalue weighted by molar-refractivity contribution is 0.102. The number of para-hydroxylation sites is 2. The van der Waals surface area contributed by atoms with Gasteiger partial charge in [-0.25, -0.2) is 4.39 Å². The van der Waals surface area contributed by atoms with E-state index in [2.05, 4.69) is 15.5 Å². The molecule has 0 aliphatic heterocycles. The van der Waals surface area contributed by atoms with E-state index in [1.165, 1.54) is 12.1 Å². The highest BCUT2D eigenvalue weighted by molar-refractivity contribution is 6.06. The van der Waals surface area contributed by atoms with Gasteiger partial charge in [0.1, 0.15) is 17.3 Å². The van der Waals surface area contributed by atoms with E-state index in [0.29, 0.717) is 11.6 Å². The Hall–Kier alpha value is -4.20. The molecule has 0 radical (unpaired) electrons. The van der Waals surface area contributed by atoms with Gasteiger partial charge in [0.15, 0.2) is 6.61 Å². The van der Waals surface area contributed by atoms with E-state index in [0.717, 1.165) is 11.3 Å². The Bertz CT molecular complexity index is 1190. The number of benzene rings is 3. The van der Waals surface area contributed by atoms with Gasteiger partial charge in [0, 0.05) is 5.56 Å². The smallest absolute Gasteiger partial charge is 0.264 e. The Kier molecular flexibility index (Phi) is 5.89. The molecule has 1 aromatic heterocycles. The molecule has 4 rings (SSSR count). The summed E-state index contributed by atoms with van der Waals surface area (Å²) in [6, 6.07) is 19.8. The molecule has 0 aliphatic rings. The van der Waals surface area contributed by atoms with Gasteiger partial charge in [-0.15, -0.1) is 0 Å². The summed E-state index contributed by atoms with van der Waals surface area (Å²) >= 11 is 0. The maximum Gasteiger partial charge on any atom is 0.264 e. The third-order valence-electron chi connectivity index (χ3n) is 4.42. The van der Waals surface area contributed by atoms with Crippen molar-refractivity contribution in [1.29, 1.82) is 0 Å². The lowest BCUT2D eigenvalue weighted by atomic mass is 10.2. The van der Waals surface area contributed by atoms with Crippen LogP contribution in [0.4, 0.5) is 10.1 Å². The van der Waals surface area contributed by atoms with Crippen LogP contribution < -0.4 is 14.8 Å². The van der Waals surface area contributed by atoms with E-state index in [9.17, 15) is 9.18 Å². The second-order valence-electron chi connectivity index (χ2n) is 6.46. The maximum atomic E-state index is 13.8. The minimum absolute atomic E-state index is 0.0346. The number of carbonyl (C=O) groups is 1. The molecule has 4 aromatic rings. The zero-order valence-electron chi connectivity index (χ0n) is 16.5. The molecule has 1 heterocycles. The first-order chi connectivity index (χ1) is 15.1. The summed E-state index contributed by atoms with van der Waals surface area (Å²) in [5.41, 5.74) is 1.10. The van der Waals surface area contributed by atoms with Crippen molar-refractivity contribution in [1.82, 2.24) is 10.1 Å². The van der Waals surface area contributed by atoms with Crippen LogP contribution >= 0.6 is 0 Å². The SMILES string of the molecule is COc1ccc(-c2noc(COc3ccccc3C(=O)Nc3ccccc3F)n2)cc1. The fraction of sp³-hybridized carbons (Fsp3) is 0.0870. The molecule has 0 fully saturated rings. The molecule has 0 aliphatic carbocycles. The van der Waals surface area contributed by atoms with Crippen molar-refractivity contribution in [2.75, 3.05) is 12.4 Å². The molecule has 0 saturated heterocycles. The third-order valence-corrected chi connectivity index (χ3v) is 4.42. The summed E-state index contributed by atoms with van der Waals surface area (Å²) in [5.74, 6) is 0.667. The molecule has 0 saturated carbocycles. The summed E-state index contributed by atoms with van der Waals surface area (Å²) < 4.78 is 29.9. The highest BCUT2D eigenvalue weighted by atomic mass is 19.1. The molecule has 0 unspecified atom stereocenters. The number of nitrogens with zero attached hydrogens (tertiary/aromatic N) is 2. The lowest BCUT2D eigenvalue weighted by Crippen LogP contribution is -2.14. The number of nitrogens with one attached hydrogen (secondary N) is 1. The van der Waals surface area contributed by atoms with Crippen LogP contribution in [-0.2, 0) is 6.61 Å². The molecule has 0 spiro atoms. The Balaban J connectivity index is 1.45. The van der Waals surface area contributed by atoms with Crippen molar-refractivity contribution < 1.29 is 23.2 Å². The van der Waals surface area contributed by atoms with Crippen molar-refractivity contribution >= 4 is 11.6 Å². The van der Waals surface area contributed by atoms with E-state index in [1.807, 2.05) is 12.1 Å². The zero-order chi connectivity index (χ0) is 21.6. The minimum Gasteiger partial charge on any atom is -0.497 e. The summed E-state index contributed by atoms with van der Waals surface area (Å²) in [4.78, 5) is 16.9. The molecule has 3 aromatic carbocycles. The average Bonchev–Trinajstić information content (AvgIpc) is 3.28. The zero-order valence-corrected chi connectivity index (χ0v) is 16.5. The summed E-state index contributed by atoms with van der Waals surface area (Å²) in [7, 11) is 1.59. The monoisotopic (exact) mass is 419 g/mol. The van der Waals surface area contributed by atoms with E-state index in [4.69, 9.17) is 14.0 Å². The van der Waals surface area contributed by atoms with Crippen LogP contribution in [0, 0.1) is 5.82 Å². The molecular formula is C23H18FN3O4. The van der Waals surface area contributed by atoms with E-state index < -0.39 is 11.7 Å². The first-order valence-electron chi connectivity index (χ1n) is 9.39. The lowest BCUT2D eigenvalue weighted by Gasteiger charge is -2.11. The Morgan fingerprint density at radius 1 is 1.03 bits per heavy atom. The van der Waals surface area contributed by atoms with Gasteiger partial charge in [-0.1, -0.05) is 29.4 Å². The molecule has 31 heavy (non-hydrogen) atoms. The third kappa shape index (κ3) is 4.69. The number of anilines is 1. The van der Waals surface area contributed by atoms with Gasteiger partial charge in [-0.05, 0) is 48.5 Å². The van der Waals surface area contributed by atoms with Crippen molar-refractivity contribution in [2.24, 2.45) is 0 Å². The standard InChI is InChI=1S/C23H18FN3O4/c1-29-16-12-10-15(11-13-16)22-26-21(31-27-22)14-30-20-9-5-2-6-17(20)23(28)25-19-8-4-3-7-18(19)24/h2-13H,14H2,1H3,(H,25,28). The van der Waals surface area contributed by atoms with Crippen LogP contribution in [0.5, 0.6) is 11.5 Å². The first kappa shape index (κ1) is 20.1. The minimum atomic E-state index is -0.522. The number of aromatic nitrogens is 2. The number of ether oxygens (including phenoxy) is 2. The molecule has 8 heteroatoms.